The lowest BCUT2D eigenvalue weighted by molar-refractivity contribution is -0.148. The molecule has 0 radical (unpaired) electrons. The van der Waals surface area contributed by atoms with Crippen molar-refractivity contribution in [2.45, 2.75) is 40.5 Å². The molecule has 4 heteroatoms. The molecular formula is C16H24O4. The number of hydrogen-bond acceptors (Lipinski definition) is 2. The summed E-state index contributed by atoms with van der Waals surface area (Å²) in [5.41, 5.74) is 2.05. The normalized spacial score (nSPS) is 14.3. The van der Waals surface area contributed by atoms with Gasteiger partial charge in [0.05, 0.1) is 12.3 Å². The van der Waals surface area contributed by atoms with E-state index in [9.17, 15) is 9.59 Å². The van der Waals surface area contributed by atoms with E-state index in [0.29, 0.717) is 0 Å². The Balaban J connectivity index is 4.69. The van der Waals surface area contributed by atoms with Crippen molar-refractivity contribution in [3.05, 3.63) is 36.0 Å². The smallest absolute Gasteiger partial charge is 0.307 e. The molecule has 20 heavy (non-hydrogen) atoms. The molecule has 0 aliphatic heterocycles. The average molecular weight is 280 g/mol. The SMILES string of the molecule is C=C(C)C(C)(C)/C(C)=C/C=C/CC(CC(=O)O)C(=O)O. The van der Waals surface area contributed by atoms with Crippen molar-refractivity contribution in [1.29, 1.82) is 0 Å². The van der Waals surface area contributed by atoms with Gasteiger partial charge in [-0.05, 0) is 20.3 Å². The molecule has 0 aromatic carbocycles. The largest absolute Gasteiger partial charge is 0.481 e. The Morgan fingerprint density at radius 1 is 1.25 bits per heavy atom. The van der Waals surface area contributed by atoms with Gasteiger partial charge in [0.2, 0.25) is 0 Å². The molecule has 2 N–H and O–H groups in total. The van der Waals surface area contributed by atoms with Crippen LogP contribution in [0.4, 0.5) is 0 Å². The second kappa shape index (κ2) is 7.68. The van der Waals surface area contributed by atoms with Crippen molar-refractivity contribution in [2.24, 2.45) is 11.3 Å². The first-order chi connectivity index (χ1) is 9.09. The molecule has 0 fully saturated rings. The van der Waals surface area contributed by atoms with E-state index in [2.05, 4.69) is 20.4 Å². The number of carbonyl (C=O) groups is 2. The van der Waals surface area contributed by atoms with Crippen LogP contribution in [0.2, 0.25) is 0 Å². The number of hydrogen-bond donors (Lipinski definition) is 2. The van der Waals surface area contributed by atoms with Crippen molar-refractivity contribution in [3.63, 3.8) is 0 Å². The summed E-state index contributed by atoms with van der Waals surface area (Å²) in [7, 11) is 0. The van der Waals surface area contributed by atoms with Gasteiger partial charge in [-0.3, -0.25) is 9.59 Å². The number of carboxylic acids is 2. The van der Waals surface area contributed by atoms with Crippen molar-refractivity contribution < 1.29 is 19.8 Å². The molecule has 112 valence electrons. The fourth-order valence-electron chi connectivity index (χ4n) is 1.48. The van der Waals surface area contributed by atoms with Crippen LogP contribution in [-0.4, -0.2) is 22.2 Å². The lowest BCUT2D eigenvalue weighted by Crippen LogP contribution is -2.17. The Hall–Kier alpha value is -1.84. The molecule has 0 spiro atoms. The average Bonchev–Trinajstić information content (AvgIpc) is 2.31. The second-order valence-corrected chi connectivity index (χ2v) is 5.55. The first-order valence-electron chi connectivity index (χ1n) is 6.53. The third-order valence-corrected chi connectivity index (χ3v) is 3.73. The molecule has 0 amide bonds. The predicted octanol–water partition coefficient (Wildman–Crippen LogP) is 3.66. The molecular weight excluding hydrogens is 256 g/mol. The van der Waals surface area contributed by atoms with E-state index < -0.39 is 17.9 Å². The van der Waals surface area contributed by atoms with Crippen LogP contribution in [0.25, 0.3) is 0 Å². The minimum absolute atomic E-state index is 0.113. The third kappa shape index (κ3) is 5.87. The lowest BCUT2D eigenvalue weighted by atomic mass is 9.79. The van der Waals surface area contributed by atoms with Crippen LogP contribution in [0.5, 0.6) is 0 Å². The van der Waals surface area contributed by atoms with Crippen LogP contribution in [-0.2, 0) is 9.59 Å². The first kappa shape index (κ1) is 18.2. The summed E-state index contributed by atoms with van der Waals surface area (Å²) in [6, 6.07) is 0. The fraction of sp³-hybridized carbons (Fsp3) is 0.500. The van der Waals surface area contributed by atoms with Gasteiger partial charge >= 0.3 is 11.9 Å². The Bertz CT molecular complexity index is 441. The molecule has 1 atom stereocenters. The van der Waals surface area contributed by atoms with Crippen LogP contribution in [0.1, 0.15) is 40.5 Å². The van der Waals surface area contributed by atoms with Crippen LogP contribution >= 0.6 is 0 Å². The summed E-state index contributed by atoms with van der Waals surface area (Å²) in [5.74, 6) is -3.06. The molecule has 0 saturated heterocycles. The zero-order valence-electron chi connectivity index (χ0n) is 12.6. The van der Waals surface area contributed by atoms with Crippen molar-refractivity contribution >= 4 is 11.9 Å². The van der Waals surface area contributed by atoms with E-state index in [4.69, 9.17) is 10.2 Å². The molecule has 0 aromatic rings. The Morgan fingerprint density at radius 3 is 2.20 bits per heavy atom. The van der Waals surface area contributed by atoms with Gasteiger partial charge in [-0.2, -0.15) is 0 Å². The number of aliphatic carboxylic acids is 2. The number of allylic oxidation sites excluding steroid dienone is 5. The monoisotopic (exact) mass is 280 g/mol. The molecule has 0 saturated carbocycles. The van der Waals surface area contributed by atoms with E-state index in [1.807, 2.05) is 19.9 Å². The van der Waals surface area contributed by atoms with Crippen LogP contribution in [0.3, 0.4) is 0 Å². The van der Waals surface area contributed by atoms with E-state index in [-0.39, 0.29) is 18.3 Å². The van der Waals surface area contributed by atoms with E-state index in [1.165, 1.54) is 0 Å². The van der Waals surface area contributed by atoms with Crippen molar-refractivity contribution in [2.75, 3.05) is 0 Å². The van der Waals surface area contributed by atoms with E-state index in [0.717, 1.165) is 11.1 Å². The first-order valence-corrected chi connectivity index (χ1v) is 6.53. The quantitative estimate of drug-likeness (QED) is 0.525. The number of carboxylic acid groups (broad SMARTS) is 2. The fourth-order valence-corrected chi connectivity index (χ4v) is 1.48. The van der Waals surface area contributed by atoms with E-state index >= 15 is 0 Å². The molecule has 1 unspecified atom stereocenters. The summed E-state index contributed by atoms with van der Waals surface area (Å²) in [4.78, 5) is 21.4. The zero-order chi connectivity index (χ0) is 15.9. The number of rotatable bonds is 8. The highest BCUT2D eigenvalue weighted by atomic mass is 16.4. The predicted molar refractivity (Wildman–Crippen MR) is 79.5 cm³/mol. The highest BCUT2D eigenvalue weighted by molar-refractivity contribution is 5.77. The van der Waals surface area contributed by atoms with Gasteiger partial charge in [0.25, 0.3) is 0 Å². The molecule has 0 aliphatic carbocycles. The molecule has 4 nitrogen and oxygen atoms in total. The summed E-state index contributed by atoms with van der Waals surface area (Å²) >= 11 is 0. The maximum absolute atomic E-state index is 10.9. The van der Waals surface area contributed by atoms with Crippen molar-refractivity contribution in [1.82, 2.24) is 0 Å². The van der Waals surface area contributed by atoms with Gasteiger partial charge < -0.3 is 10.2 Å². The van der Waals surface area contributed by atoms with Gasteiger partial charge in [-0.1, -0.05) is 49.8 Å². The Labute approximate surface area is 120 Å². The minimum atomic E-state index is -1.10. The zero-order valence-corrected chi connectivity index (χ0v) is 12.6. The summed E-state index contributed by atoms with van der Waals surface area (Å²) in [6.45, 7) is 12.0. The third-order valence-electron chi connectivity index (χ3n) is 3.73. The van der Waals surface area contributed by atoms with Gasteiger partial charge in [0.1, 0.15) is 0 Å². The maximum atomic E-state index is 10.9. The standard InChI is InChI=1S/C16H24O4/c1-11(2)16(4,5)12(3)8-6-7-9-13(15(19)20)10-14(17)18/h6-8,13H,1,9-10H2,2-5H3,(H,17,18)(H,19,20)/b7-6+,12-8+. The minimum Gasteiger partial charge on any atom is -0.481 e. The van der Waals surface area contributed by atoms with Gasteiger partial charge in [-0.25, -0.2) is 0 Å². The van der Waals surface area contributed by atoms with Crippen LogP contribution < -0.4 is 0 Å². The van der Waals surface area contributed by atoms with Crippen molar-refractivity contribution in [3.8, 4) is 0 Å². The maximum Gasteiger partial charge on any atom is 0.307 e. The lowest BCUT2D eigenvalue weighted by Gasteiger charge is -2.26. The van der Waals surface area contributed by atoms with Gasteiger partial charge in [-0.15, -0.1) is 0 Å². The highest BCUT2D eigenvalue weighted by Crippen LogP contribution is 2.32. The van der Waals surface area contributed by atoms with Crippen LogP contribution in [0.15, 0.2) is 36.0 Å². The Morgan fingerprint density at radius 2 is 1.80 bits per heavy atom. The topological polar surface area (TPSA) is 74.6 Å². The van der Waals surface area contributed by atoms with E-state index in [1.54, 1.807) is 12.2 Å². The summed E-state index contributed by atoms with van der Waals surface area (Å²) in [6.07, 6.45) is 5.23. The van der Waals surface area contributed by atoms with Gasteiger partial charge in [0.15, 0.2) is 0 Å². The van der Waals surface area contributed by atoms with Crippen LogP contribution in [0, 0.1) is 11.3 Å². The summed E-state index contributed by atoms with van der Waals surface area (Å²) in [5, 5.41) is 17.5. The molecule has 0 aromatic heterocycles. The molecule has 0 bridgehead atoms. The molecule has 0 aliphatic rings. The highest BCUT2D eigenvalue weighted by Gasteiger charge is 2.20. The molecule has 0 rings (SSSR count). The summed E-state index contributed by atoms with van der Waals surface area (Å²) < 4.78 is 0. The molecule has 0 heterocycles. The van der Waals surface area contributed by atoms with Gasteiger partial charge in [0, 0.05) is 5.41 Å². The second-order valence-electron chi connectivity index (χ2n) is 5.55. The Kier molecular flexibility index (Phi) is 6.97.